The first-order valence-electron chi connectivity index (χ1n) is 8.21. The van der Waals surface area contributed by atoms with Gasteiger partial charge in [0.05, 0.1) is 24.1 Å². The highest BCUT2D eigenvalue weighted by molar-refractivity contribution is 5.88. The highest BCUT2D eigenvalue weighted by atomic mass is 16.4. The molecule has 1 saturated carbocycles. The standard InChI is InChI=1S/C20H18N2O3/c23-13-20(8-9-20)17-6-4-14(5-7-17)16-11-21-22(12-16)18-3-1-2-15(10-18)19(24)25/h1-7,10-12,23H,8-9,13H2,(H,24,25). The Kier molecular flexibility index (Phi) is 3.66. The van der Waals surface area contributed by atoms with E-state index in [2.05, 4.69) is 17.2 Å². The monoisotopic (exact) mass is 334 g/mol. The van der Waals surface area contributed by atoms with Crippen molar-refractivity contribution in [3.8, 4) is 16.8 Å². The van der Waals surface area contributed by atoms with E-state index in [4.69, 9.17) is 5.11 Å². The molecule has 2 N–H and O–H groups in total. The maximum absolute atomic E-state index is 11.1. The van der Waals surface area contributed by atoms with Gasteiger partial charge in [-0.1, -0.05) is 30.3 Å². The van der Waals surface area contributed by atoms with Crippen LogP contribution in [0.15, 0.2) is 60.9 Å². The van der Waals surface area contributed by atoms with E-state index < -0.39 is 5.97 Å². The number of aromatic nitrogens is 2. The Balaban J connectivity index is 1.61. The molecule has 3 aromatic rings. The number of benzene rings is 2. The molecular formula is C20H18N2O3. The number of rotatable bonds is 5. The lowest BCUT2D eigenvalue weighted by molar-refractivity contribution is 0.0697. The minimum Gasteiger partial charge on any atom is -0.478 e. The lowest BCUT2D eigenvalue weighted by Gasteiger charge is -2.12. The molecule has 5 heteroatoms. The van der Waals surface area contributed by atoms with Crippen LogP contribution in [0.5, 0.6) is 0 Å². The van der Waals surface area contributed by atoms with Crippen molar-refractivity contribution in [3.05, 3.63) is 72.1 Å². The summed E-state index contributed by atoms with van der Waals surface area (Å²) in [4.78, 5) is 11.1. The first-order chi connectivity index (χ1) is 12.1. The lowest BCUT2D eigenvalue weighted by Crippen LogP contribution is -2.11. The van der Waals surface area contributed by atoms with Crippen molar-refractivity contribution in [1.29, 1.82) is 0 Å². The molecule has 25 heavy (non-hydrogen) atoms. The SMILES string of the molecule is O=C(O)c1cccc(-n2cc(-c3ccc(C4(CO)CC4)cc3)cn2)c1. The Labute approximate surface area is 145 Å². The number of hydrogen-bond acceptors (Lipinski definition) is 3. The van der Waals surface area contributed by atoms with Crippen molar-refractivity contribution in [3.63, 3.8) is 0 Å². The second kappa shape index (κ2) is 5.86. The molecule has 1 fully saturated rings. The summed E-state index contributed by atoms with van der Waals surface area (Å²) in [5.74, 6) is -0.956. The van der Waals surface area contributed by atoms with E-state index >= 15 is 0 Å². The molecule has 0 radical (unpaired) electrons. The van der Waals surface area contributed by atoms with Crippen molar-refractivity contribution in [2.75, 3.05) is 6.61 Å². The number of aliphatic hydroxyl groups is 1. The van der Waals surface area contributed by atoms with E-state index in [0.29, 0.717) is 5.69 Å². The second-order valence-electron chi connectivity index (χ2n) is 6.54. The highest BCUT2D eigenvalue weighted by Crippen LogP contribution is 2.47. The van der Waals surface area contributed by atoms with Gasteiger partial charge < -0.3 is 10.2 Å². The molecule has 5 nitrogen and oxygen atoms in total. The normalized spacial score (nSPS) is 15.1. The second-order valence-corrected chi connectivity index (χ2v) is 6.54. The molecule has 0 spiro atoms. The van der Waals surface area contributed by atoms with Crippen LogP contribution in [-0.4, -0.2) is 32.6 Å². The molecule has 0 saturated heterocycles. The predicted molar refractivity (Wildman–Crippen MR) is 94.0 cm³/mol. The van der Waals surface area contributed by atoms with Crippen LogP contribution >= 0.6 is 0 Å². The number of carboxylic acid groups (broad SMARTS) is 1. The third kappa shape index (κ3) is 2.83. The quantitative estimate of drug-likeness (QED) is 0.751. The molecule has 1 aromatic heterocycles. The number of aliphatic hydroxyl groups excluding tert-OH is 1. The third-order valence-electron chi connectivity index (χ3n) is 4.93. The van der Waals surface area contributed by atoms with Gasteiger partial charge in [-0.3, -0.25) is 0 Å². The topological polar surface area (TPSA) is 75.3 Å². The van der Waals surface area contributed by atoms with Crippen LogP contribution in [0, 0.1) is 0 Å². The van der Waals surface area contributed by atoms with Gasteiger partial charge in [-0.15, -0.1) is 0 Å². The van der Waals surface area contributed by atoms with E-state index in [0.717, 1.165) is 24.0 Å². The lowest BCUT2D eigenvalue weighted by atomic mass is 9.95. The van der Waals surface area contributed by atoms with Gasteiger partial charge in [0.1, 0.15) is 0 Å². The van der Waals surface area contributed by atoms with Gasteiger partial charge >= 0.3 is 5.97 Å². The Bertz CT molecular complexity index is 924. The smallest absolute Gasteiger partial charge is 0.335 e. The van der Waals surface area contributed by atoms with Gasteiger partial charge in [-0.25, -0.2) is 9.48 Å². The molecule has 0 atom stereocenters. The first kappa shape index (κ1) is 15.6. The molecular weight excluding hydrogens is 316 g/mol. The zero-order valence-corrected chi connectivity index (χ0v) is 13.6. The number of carboxylic acids is 1. The molecule has 126 valence electrons. The maximum atomic E-state index is 11.1. The molecule has 0 bridgehead atoms. The van der Waals surface area contributed by atoms with Crippen LogP contribution in [0.25, 0.3) is 16.8 Å². The van der Waals surface area contributed by atoms with Crippen LogP contribution in [0.2, 0.25) is 0 Å². The van der Waals surface area contributed by atoms with Crippen molar-refractivity contribution in [2.45, 2.75) is 18.3 Å². The summed E-state index contributed by atoms with van der Waals surface area (Å²) >= 11 is 0. The molecule has 0 amide bonds. The minimum atomic E-state index is -0.956. The Morgan fingerprint density at radius 2 is 1.88 bits per heavy atom. The average molecular weight is 334 g/mol. The Hall–Kier alpha value is -2.92. The summed E-state index contributed by atoms with van der Waals surface area (Å²) < 4.78 is 1.67. The average Bonchev–Trinajstić information content (AvgIpc) is 3.30. The maximum Gasteiger partial charge on any atom is 0.335 e. The van der Waals surface area contributed by atoms with Gasteiger partial charge in [-0.05, 0) is 42.2 Å². The van der Waals surface area contributed by atoms with Crippen LogP contribution in [0.1, 0.15) is 28.8 Å². The third-order valence-corrected chi connectivity index (χ3v) is 4.93. The zero-order valence-electron chi connectivity index (χ0n) is 13.6. The van der Waals surface area contributed by atoms with Crippen LogP contribution in [-0.2, 0) is 5.41 Å². The van der Waals surface area contributed by atoms with Gasteiger partial charge in [-0.2, -0.15) is 5.10 Å². The Morgan fingerprint density at radius 3 is 2.52 bits per heavy atom. The van der Waals surface area contributed by atoms with Crippen molar-refractivity contribution >= 4 is 5.97 Å². The predicted octanol–water partition coefficient (Wildman–Crippen LogP) is 3.26. The molecule has 1 heterocycles. The Morgan fingerprint density at radius 1 is 1.12 bits per heavy atom. The van der Waals surface area contributed by atoms with Gasteiger partial charge in [0.25, 0.3) is 0 Å². The summed E-state index contributed by atoms with van der Waals surface area (Å²) in [6.07, 6.45) is 5.73. The highest BCUT2D eigenvalue weighted by Gasteiger charge is 2.43. The number of nitrogens with zero attached hydrogens (tertiary/aromatic N) is 2. The summed E-state index contributed by atoms with van der Waals surface area (Å²) in [5, 5.41) is 23.0. The minimum absolute atomic E-state index is 0.0278. The van der Waals surface area contributed by atoms with E-state index in [-0.39, 0.29) is 17.6 Å². The fourth-order valence-electron chi connectivity index (χ4n) is 3.10. The van der Waals surface area contributed by atoms with Crippen LogP contribution < -0.4 is 0 Å². The van der Waals surface area contributed by atoms with E-state index in [1.807, 2.05) is 24.4 Å². The van der Waals surface area contributed by atoms with Crippen molar-refractivity contribution < 1.29 is 15.0 Å². The first-order valence-corrected chi connectivity index (χ1v) is 8.21. The molecule has 1 aliphatic carbocycles. The van der Waals surface area contributed by atoms with Gasteiger partial charge in [0.15, 0.2) is 0 Å². The zero-order chi connectivity index (χ0) is 17.4. The van der Waals surface area contributed by atoms with Crippen molar-refractivity contribution in [1.82, 2.24) is 9.78 Å². The van der Waals surface area contributed by atoms with Crippen molar-refractivity contribution in [2.24, 2.45) is 0 Å². The molecule has 4 rings (SSSR count). The molecule has 0 unspecified atom stereocenters. The van der Waals surface area contributed by atoms with Gasteiger partial charge in [0.2, 0.25) is 0 Å². The number of hydrogen-bond donors (Lipinski definition) is 2. The molecule has 0 aliphatic heterocycles. The molecule has 2 aromatic carbocycles. The number of aromatic carboxylic acids is 1. The summed E-state index contributed by atoms with van der Waals surface area (Å²) in [5.41, 5.74) is 4.09. The van der Waals surface area contributed by atoms with Crippen LogP contribution in [0.3, 0.4) is 0 Å². The van der Waals surface area contributed by atoms with Crippen LogP contribution in [0.4, 0.5) is 0 Å². The van der Waals surface area contributed by atoms with E-state index in [1.54, 1.807) is 29.1 Å². The summed E-state index contributed by atoms with van der Waals surface area (Å²) in [7, 11) is 0. The number of carbonyl (C=O) groups is 1. The largest absolute Gasteiger partial charge is 0.478 e. The van der Waals surface area contributed by atoms with E-state index in [9.17, 15) is 9.90 Å². The summed E-state index contributed by atoms with van der Waals surface area (Å²) in [6.45, 7) is 0.199. The summed E-state index contributed by atoms with van der Waals surface area (Å²) in [6, 6.07) is 14.9. The van der Waals surface area contributed by atoms with E-state index in [1.165, 1.54) is 5.56 Å². The fourth-order valence-corrected chi connectivity index (χ4v) is 3.10. The fraction of sp³-hybridized carbons (Fsp3) is 0.200. The molecule has 1 aliphatic rings. The van der Waals surface area contributed by atoms with Gasteiger partial charge in [0, 0.05) is 17.2 Å².